The first-order valence-corrected chi connectivity index (χ1v) is 6.36. The quantitative estimate of drug-likeness (QED) is 0.837. The van der Waals surface area contributed by atoms with Crippen LogP contribution in [0.5, 0.6) is 0 Å². The van der Waals surface area contributed by atoms with E-state index in [-0.39, 0.29) is 16.9 Å². The Hall–Kier alpha value is -1.43. The Morgan fingerprint density at radius 1 is 1.59 bits per heavy atom. The molecular formula is C11H12N2O3S. The van der Waals surface area contributed by atoms with Crippen LogP contribution < -0.4 is 5.32 Å². The van der Waals surface area contributed by atoms with Gasteiger partial charge in [-0.2, -0.15) is 0 Å². The van der Waals surface area contributed by atoms with Crippen LogP contribution in [0.25, 0.3) is 0 Å². The van der Waals surface area contributed by atoms with Crippen LogP contribution in [0, 0.1) is 5.92 Å². The number of anilines is 1. The molecule has 1 aliphatic carbocycles. The number of rotatable bonds is 2. The number of hydrogen-bond acceptors (Lipinski definition) is 3. The smallest absolute Gasteiger partial charge is 0.352 e. The Morgan fingerprint density at radius 3 is 2.88 bits per heavy atom. The minimum atomic E-state index is -0.972. The van der Waals surface area contributed by atoms with E-state index < -0.39 is 5.97 Å². The van der Waals surface area contributed by atoms with Crippen molar-refractivity contribution in [2.75, 3.05) is 5.32 Å². The van der Waals surface area contributed by atoms with Crippen molar-refractivity contribution in [3.63, 3.8) is 0 Å². The van der Waals surface area contributed by atoms with E-state index in [1.54, 1.807) is 11.6 Å². The SMILES string of the molecule is Cn1c(C(=O)O)cc2c1SC(C1CC1)C(=O)N2. The zero-order chi connectivity index (χ0) is 12.2. The molecule has 90 valence electrons. The fraction of sp³-hybridized carbons (Fsp3) is 0.455. The first-order valence-electron chi connectivity index (χ1n) is 5.48. The van der Waals surface area contributed by atoms with Crippen LogP contribution in [0.4, 0.5) is 5.69 Å². The number of fused-ring (bicyclic) bond motifs is 1. The number of carbonyl (C=O) groups excluding carboxylic acids is 1. The molecule has 1 aromatic rings. The lowest BCUT2D eigenvalue weighted by Crippen LogP contribution is -2.30. The van der Waals surface area contributed by atoms with E-state index in [9.17, 15) is 9.59 Å². The van der Waals surface area contributed by atoms with Crippen molar-refractivity contribution in [2.24, 2.45) is 13.0 Å². The molecule has 0 spiro atoms. The van der Waals surface area contributed by atoms with Crippen molar-refractivity contribution in [1.82, 2.24) is 4.57 Å². The van der Waals surface area contributed by atoms with Gasteiger partial charge in [-0.3, -0.25) is 4.79 Å². The van der Waals surface area contributed by atoms with Crippen LogP contribution in [-0.4, -0.2) is 26.8 Å². The van der Waals surface area contributed by atoms with E-state index in [1.807, 2.05) is 0 Å². The number of amides is 1. The number of carbonyl (C=O) groups is 2. The lowest BCUT2D eigenvalue weighted by molar-refractivity contribution is -0.116. The van der Waals surface area contributed by atoms with Gasteiger partial charge in [-0.25, -0.2) is 4.79 Å². The maximum atomic E-state index is 11.8. The summed E-state index contributed by atoms with van der Waals surface area (Å²) in [7, 11) is 1.72. The molecule has 0 saturated heterocycles. The molecule has 1 fully saturated rings. The third-order valence-corrected chi connectivity index (χ3v) is 4.77. The number of aromatic carboxylic acids is 1. The van der Waals surface area contributed by atoms with Crippen LogP contribution in [0.15, 0.2) is 11.1 Å². The summed E-state index contributed by atoms with van der Waals surface area (Å²) in [6.07, 6.45) is 2.19. The summed E-state index contributed by atoms with van der Waals surface area (Å²) in [4.78, 5) is 22.8. The Balaban J connectivity index is 2.00. The van der Waals surface area contributed by atoms with E-state index in [4.69, 9.17) is 5.11 Å². The molecule has 17 heavy (non-hydrogen) atoms. The van der Waals surface area contributed by atoms with E-state index in [0.29, 0.717) is 11.6 Å². The van der Waals surface area contributed by atoms with Crippen LogP contribution in [0.1, 0.15) is 23.3 Å². The van der Waals surface area contributed by atoms with Crippen LogP contribution in [-0.2, 0) is 11.8 Å². The molecule has 1 atom stereocenters. The van der Waals surface area contributed by atoms with Gasteiger partial charge in [-0.1, -0.05) is 11.8 Å². The van der Waals surface area contributed by atoms with Crippen molar-refractivity contribution in [3.05, 3.63) is 11.8 Å². The minimum absolute atomic E-state index is 0.00698. The average Bonchev–Trinajstić information content (AvgIpc) is 3.04. The predicted molar refractivity (Wildman–Crippen MR) is 63.4 cm³/mol. The fourth-order valence-electron chi connectivity index (χ4n) is 2.11. The van der Waals surface area contributed by atoms with E-state index in [2.05, 4.69) is 5.32 Å². The number of hydrogen-bond donors (Lipinski definition) is 2. The standard InChI is InChI=1S/C11H12N2O3S/c1-13-7(11(15)16)4-6-10(13)17-8(5-2-3-5)9(14)12-6/h4-5,8H,2-3H2,1H3,(H,12,14)(H,15,16). The van der Waals surface area contributed by atoms with Gasteiger partial charge in [-0.05, 0) is 24.8 Å². The Bertz CT molecular complexity index is 519. The van der Waals surface area contributed by atoms with Crippen molar-refractivity contribution in [2.45, 2.75) is 23.1 Å². The number of carboxylic acid groups (broad SMARTS) is 1. The number of thioether (sulfide) groups is 1. The summed E-state index contributed by atoms with van der Waals surface area (Å²) in [5.41, 5.74) is 0.830. The summed E-state index contributed by atoms with van der Waals surface area (Å²) in [5.74, 6) is -0.511. The number of carboxylic acids is 1. The zero-order valence-corrected chi connectivity index (χ0v) is 10.1. The third kappa shape index (κ3) is 1.63. The minimum Gasteiger partial charge on any atom is -0.477 e. The van der Waals surface area contributed by atoms with Gasteiger partial charge in [0.2, 0.25) is 5.91 Å². The maximum Gasteiger partial charge on any atom is 0.352 e. The van der Waals surface area contributed by atoms with Crippen LogP contribution >= 0.6 is 11.8 Å². The highest BCUT2D eigenvalue weighted by atomic mass is 32.2. The van der Waals surface area contributed by atoms with Gasteiger partial charge in [0.25, 0.3) is 0 Å². The zero-order valence-electron chi connectivity index (χ0n) is 9.27. The topological polar surface area (TPSA) is 71.3 Å². The molecule has 1 aromatic heterocycles. The Morgan fingerprint density at radius 2 is 2.29 bits per heavy atom. The third-order valence-electron chi connectivity index (χ3n) is 3.20. The van der Waals surface area contributed by atoms with E-state index in [0.717, 1.165) is 17.9 Å². The average molecular weight is 252 g/mol. The van der Waals surface area contributed by atoms with Gasteiger partial charge in [0.05, 0.1) is 10.9 Å². The second-order valence-electron chi connectivity index (χ2n) is 4.48. The molecule has 1 unspecified atom stereocenters. The van der Waals surface area contributed by atoms with E-state index >= 15 is 0 Å². The lowest BCUT2D eigenvalue weighted by Gasteiger charge is -2.22. The predicted octanol–water partition coefficient (Wildman–Crippen LogP) is 1.55. The molecule has 1 aliphatic heterocycles. The molecule has 2 heterocycles. The van der Waals surface area contributed by atoms with Crippen molar-refractivity contribution in [1.29, 1.82) is 0 Å². The highest BCUT2D eigenvalue weighted by Gasteiger charge is 2.41. The summed E-state index contributed by atoms with van der Waals surface area (Å²) in [5, 5.41) is 12.6. The largest absolute Gasteiger partial charge is 0.477 e. The van der Waals surface area contributed by atoms with Crippen LogP contribution in [0.3, 0.4) is 0 Å². The summed E-state index contributed by atoms with van der Waals surface area (Å²) in [6, 6.07) is 1.52. The molecule has 2 aliphatic rings. The van der Waals surface area contributed by atoms with Gasteiger partial charge in [-0.15, -0.1) is 0 Å². The number of aromatic nitrogens is 1. The number of nitrogens with zero attached hydrogens (tertiary/aromatic N) is 1. The molecule has 1 saturated carbocycles. The molecule has 0 radical (unpaired) electrons. The molecule has 2 N–H and O–H groups in total. The van der Waals surface area contributed by atoms with Crippen molar-refractivity contribution >= 4 is 29.3 Å². The molecule has 3 rings (SSSR count). The highest BCUT2D eigenvalue weighted by molar-refractivity contribution is 8.00. The monoisotopic (exact) mass is 252 g/mol. The van der Waals surface area contributed by atoms with Crippen molar-refractivity contribution in [3.8, 4) is 0 Å². The molecule has 5 nitrogen and oxygen atoms in total. The first kappa shape index (κ1) is 10.7. The highest BCUT2D eigenvalue weighted by Crippen LogP contribution is 2.47. The van der Waals surface area contributed by atoms with Gasteiger partial charge >= 0.3 is 5.97 Å². The van der Waals surface area contributed by atoms with Crippen LogP contribution in [0.2, 0.25) is 0 Å². The summed E-state index contributed by atoms with van der Waals surface area (Å²) in [6.45, 7) is 0. The summed E-state index contributed by atoms with van der Waals surface area (Å²) >= 11 is 1.49. The normalized spacial score (nSPS) is 23.1. The molecular weight excluding hydrogens is 240 g/mol. The molecule has 0 bridgehead atoms. The molecule has 0 aromatic carbocycles. The van der Waals surface area contributed by atoms with E-state index in [1.165, 1.54) is 17.8 Å². The van der Waals surface area contributed by atoms with Crippen molar-refractivity contribution < 1.29 is 14.7 Å². The second-order valence-corrected chi connectivity index (χ2v) is 5.61. The van der Waals surface area contributed by atoms with Gasteiger partial charge in [0, 0.05) is 7.05 Å². The van der Waals surface area contributed by atoms with Gasteiger partial charge in [0.1, 0.15) is 10.7 Å². The fourth-order valence-corrected chi connectivity index (χ4v) is 3.47. The van der Waals surface area contributed by atoms with Gasteiger partial charge in [0.15, 0.2) is 0 Å². The lowest BCUT2D eigenvalue weighted by atomic mass is 10.2. The number of nitrogens with one attached hydrogen (secondary N) is 1. The first-order chi connectivity index (χ1) is 8.08. The molecule has 6 heteroatoms. The maximum absolute atomic E-state index is 11.8. The second kappa shape index (κ2) is 3.53. The Labute approximate surface area is 102 Å². The van der Waals surface area contributed by atoms with Gasteiger partial charge < -0.3 is 15.0 Å². The summed E-state index contributed by atoms with van der Waals surface area (Å²) < 4.78 is 1.64. The molecule has 1 amide bonds. The Kier molecular flexibility index (Phi) is 2.22.